The molecule has 0 fully saturated rings. The number of hydrogen-bond acceptors (Lipinski definition) is 2. The first-order chi connectivity index (χ1) is 6.57. The van der Waals surface area contributed by atoms with Gasteiger partial charge in [0.05, 0.1) is 16.6 Å². The van der Waals surface area contributed by atoms with Crippen LogP contribution in [0.15, 0.2) is 0 Å². The molecular formula is C9H9BrN2O2. The van der Waals surface area contributed by atoms with E-state index in [4.69, 9.17) is 5.11 Å². The van der Waals surface area contributed by atoms with Crippen LogP contribution >= 0.6 is 15.9 Å². The monoisotopic (exact) mass is 256 g/mol. The van der Waals surface area contributed by atoms with Crippen molar-refractivity contribution in [1.82, 2.24) is 9.78 Å². The van der Waals surface area contributed by atoms with E-state index in [2.05, 4.69) is 32.9 Å². The number of rotatable bonds is 1. The molecule has 1 rings (SSSR count). The van der Waals surface area contributed by atoms with E-state index in [-0.39, 0.29) is 5.69 Å². The van der Waals surface area contributed by atoms with Crippen LogP contribution in [0.4, 0.5) is 0 Å². The Labute approximate surface area is 90.1 Å². The number of alkyl halides is 1. The third-order valence-electron chi connectivity index (χ3n) is 1.70. The van der Waals surface area contributed by atoms with Crippen molar-refractivity contribution in [3.63, 3.8) is 0 Å². The smallest absolute Gasteiger partial charge is 0.355 e. The highest BCUT2D eigenvalue weighted by molar-refractivity contribution is 9.09. The topological polar surface area (TPSA) is 55.1 Å². The van der Waals surface area contributed by atoms with Crippen molar-refractivity contribution in [2.75, 3.05) is 5.33 Å². The maximum absolute atomic E-state index is 10.9. The summed E-state index contributed by atoms with van der Waals surface area (Å²) in [5.74, 6) is 4.53. The number of carbonyl (C=O) groups is 1. The average molecular weight is 257 g/mol. The molecule has 0 saturated heterocycles. The molecule has 1 heterocycles. The largest absolute Gasteiger partial charge is 0.476 e. The van der Waals surface area contributed by atoms with Crippen molar-refractivity contribution in [2.45, 2.75) is 6.92 Å². The fourth-order valence-electron chi connectivity index (χ4n) is 1.17. The number of carboxylic acid groups (broad SMARTS) is 1. The Morgan fingerprint density at radius 1 is 1.71 bits per heavy atom. The van der Waals surface area contributed by atoms with Crippen LogP contribution in [0.2, 0.25) is 0 Å². The number of aromatic carboxylic acids is 1. The van der Waals surface area contributed by atoms with Gasteiger partial charge in [-0.15, -0.1) is 0 Å². The molecule has 1 N–H and O–H groups in total. The third-order valence-corrected chi connectivity index (χ3v) is 1.99. The second kappa shape index (κ2) is 4.29. The van der Waals surface area contributed by atoms with Gasteiger partial charge in [0.1, 0.15) is 0 Å². The van der Waals surface area contributed by atoms with Crippen LogP contribution in [-0.2, 0) is 7.05 Å². The lowest BCUT2D eigenvalue weighted by atomic mass is 10.2. The first-order valence-corrected chi connectivity index (χ1v) is 5.01. The first kappa shape index (κ1) is 10.8. The predicted octanol–water partition coefficient (Wildman–Crippen LogP) is 1.17. The molecule has 0 aliphatic rings. The summed E-state index contributed by atoms with van der Waals surface area (Å²) < 4.78 is 1.33. The van der Waals surface area contributed by atoms with Gasteiger partial charge in [-0.2, -0.15) is 5.10 Å². The molecule has 5 heteroatoms. The van der Waals surface area contributed by atoms with Gasteiger partial charge < -0.3 is 5.11 Å². The van der Waals surface area contributed by atoms with Gasteiger partial charge in [0.25, 0.3) is 0 Å². The Hall–Kier alpha value is -1.28. The molecule has 0 spiro atoms. The minimum Gasteiger partial charge on any atom is -0.476 e. The summed E-state index contributed by atoms with van der Waals surface area (Å²) in [4.78, 5) is 10.9. The Morgan fingerprint density at radius 2 is 2.36 bits per heavy atom. The van der Waals surface area contributed by atoms with E-state index in [1.807, 2.05) is 0 Å². The second-order valence-corrected chi connectivity index (χ2v) is 3.23. The highest BCUT2D eigenvalue weighted by atomic mass is 79.9. The summed E-state index contributed by atoms with van der Waals surface area (Å²) in [7, 11) is 1.59. The van der Waals surface area contributed by atoms with E-state index in [1.54, 1.807) is 14.0 Å². The zero-order valence-corrected chi connectivity index (χ0v) is 9.42. The highest BCUT2D eigenvalue weighted by Crippen LogP contribution is 2.11. The number of nitrogens with zero attached hydrogens (tertiary/aromatic N) is 2. The van der Waals surface area contributed by atoms with Crippen LogP contribution < -0.4 is 0 Å². The lowest BCUT2D eigenvalue weighted by Crippen LogP contribution is -2.07. The molecule has 74 valence electrons. The van der Waals surface area contributed by atoms with Crippen molar-refractivity contribution < 1.29 is 9.90 Å². The van der Waals surface area contributed by atoms with E-state index in [9.17, 15) is 4.79 Å². The van der Waals surface area contributed by atoms with Crippen molar-refractivity contribution in [3.05, 3.63) is 17.0 Å². The first-order valence-electron chi connectivity index (χ1n) is 3.89. The van der Waals surface area contributed by atoms with Crippen LogP contribution in [0.5, 0.6) is 0 Å². The van der Waals surface area contributed by atoms with Crippen molar-refractivity contribution in [2.24, 2.45) is 7.05 Å². The molecule has 14 heavy (non-hydrogen) atoms. The van der Waals surface area contributed by atoms with Gasteiger partial charge in [-0.3, -0.25) is 4.68 Å². The van der Waals surface area contributed by atoms with Gasteiger partial charge in [-0.1, -0.05) is 27.8 Å². The molecule has 0 bridgehead atoms. The summed E-state index contributed by atoms with van der Waals surface area (Å²) in [5.41, 5.74) is 1.26. The number of carboxylic acids is 1. The zero-order valence-electron chi connectivity index (χ0n) is 7.83. The number of aryl methyl sites for hydroxylation is 2. The summed E-state index contributed by atoms with van der Waals surface area (Å²) in [5, 5.41) is 13.4. The number of hydrogen-bond donors (Lipinski definition) is 1. The molecule has 0 radical (unpaired) electrons. The zero-order chi connectivity index (χ0) is 10.7. The van der Waals surface area contributed by atoms with E-state index in [0.29, 0.717) is 16.6 Å². The number of halogens is 1. The highest BCUT2D eigenvalue weighted by Gasteiger charge is 2.17. The minimum atomic E-state index is -1.01. The molecule has 0 aromatic carbocycles. The third kappa shape index (κ3) is 1.96. The molecule has 0 atom stereocenters. The molecule has 0 aliphatic carbocycles. The second-order valence-electron chi connectivity index (χ2n) is 2.67. The number of aromatic nitrogens is 2. The molecule has 4 nitrogen and oxygen atoms in total. The van der Waals surface area contributed by atoms with Gasteiger partial charge in [-0.05, 0) is 6.92 Å². The molecule has 0 amide bonds. The van der Waals surface area contributed by atoms with E-state index in [0.717, 1.165) is 0 Å². The van der Waals surface area contributed by atoms with E-state index < -0.39 is 5.97 Å². The molecule has 1 aromatic heterocycles. The Balaban J connectivity index is 3.32. The molecular weight excluding hydrogens is 248 g/mol. The van der Waals surface area contributed by atoms with Crippen LogP contribution in [0.25, 0.3) is 0 Å². The summed E-state index contributed by atoms with van der Waals surface area (Å²) in [6.45, 7) is 1.74. The average Bonchev–Trinajstić information content (AvgIpc) is 2.37. The maximum Gasteiger partial charge on any atom is 0.355 e. The standard InChI is InChI=1S/C9H9BrN2O2/c1-6-7(4-3-5-10)8(9(13)14)12(2)11-6/h5H2,1-2H3,(H,13,14). The van der Waals surface area contributed by atoms with Crippen molar-refractivity contribution in [3.8, 4) is 11.8 Å². The minimum absolute atomic E-state index is 0.135. The van der Waals surface area contributed by atoms with Gasteiger partial charge in [0, 0.05) is 7.05 Å². The lowest BCUT2D eigenvalue weighted by molar-refractivity contribution is 0.0684. The summed E-state index contributed by atoms with van der Waals surface area (Å²) in [6.07, 6.45) is 0. The summed E-state index contributed by atoms with van der Waals surface area (Å²) >= 11 is 3.15. The Morgan fingerprint density at radius 3 is 2.86 bits per heavy atom. The SMILES string of the molecule is Cc1nn(C)c(C(=O)O)c1C#CCBr. The van der Waals surface area contributed by atoms with Crippen LogP contribution in [-0.4, -0.2) is 26.2 Å². The van der Waals surface area contributed by atoms with Crippen LogP contribution in [0.3, 0.4) is 0 Å². The summed E-state index contributed by atoms with van der Waals surface area (Å²) in [6, 6.07) is 0. The van der Waals surface area contributed by atoms with E-state index >= 15 is 0 Å². The van der Waals surface area contributed by atoms with Crippen molar-refractivity contribution in [1.29, 1.82) is 0 Å². The quantitative estimate of drug-likeness (QED) is 0.607. The maximum atomic E-state index is 10.9. The lowest BCUT2D eigenvalue weighted by Gasteiger charge is -1.94. The van der Waals surface area contributed by atoms with Crippen LogP contribution in [0.1, 0.15) is 21.7 Å². The van der Waals surface area contributed by atoms with Gasteiger partial charge in [-0.25, -0.2) is 4.79 Å². The molecule has 0 aliphatic heterocycles. The van der Waals surface area contributed by atoms with Gasteiger partial charge in [0.15, 0.2) is 5.69 Å². The Kier molecular flexibility index (Phi) is 3.31. The van der Waals surface area contributed by atoms with Gasteiger partial charge >= 0.3 is 5.97 Å². The molecule has 0 unspecified atom stereocenters. The molecule has 0 saturated carbocycles. The fourth-order valence-corrected chi connectivity index (χ4v) is 1.32. The Bertz CT molecular complexity index is 426. The fraction of sp³-hybridized carbons (Fsp3) is 0.333. The van der Waals surface area contributed by atoms with Crippen LogP contribution in [0, 0.1) is 18.8 Å². The molecule has 1 aromatic rings. The predicted molar refractivity (Wildman–Crippen MR) is 55.6 cm³/mol. The van der Waals surface area contributed by atoms with Crippen molar-refractivity contribution >= 4 is 21.9 Å². The van der Waals surface area contributed by atoms with E-state index in [1.165, 1.54) is 4.68 Å². The normalized spacial score (nSPS) is 9.36. The van der Waals surface area contributed by atoms with Gasteiger partial charge in [0.2, 0.25) is 0 Å².